The fourth-order valence-electron chi connectivity index (χ4n) is 1.77. The van der Waals surface area contributed by atoms with Crippen LogP contribution in [0.15, 0.2) is 18.5 Å². The zero-order valence-corrected chi connectivity index (χ0v) is 11.2. The van der Waals surface area contributed by atoms with E-state index in [0.29, 0.717) is 12.6 Å². The standard InChI is InChI=1S/C13H23N3O/c1-5-14-11(4)12-6-7-16(8-12)9-13(17)15-10(2)3/h6-8,10-11,14H,5,9H2,1-4H3,(H,15,17). The van der Waals surface area contributed by atoms with Crippen LogP contribution in [-0.2, 0) is 11.3 Å². The molecule has 0 aliphatic heterocycles. The molecule has 1 atom stereocenters. The van der Waals surface area contributed by atoms with Gasteiger partial charge in [0.25, 0.3) is 0 Å². The number of nitrogens with zero attached hydrogens (tertiary/aromatic N) is 1. The third kappa shape index (κ3) is 4.61. The number of rotatable bonds is 6. The predicted octanol–water partition coefficient (Wildman–Crippen LogP) is 1.68. The summed E-state index contributed by atoms with van der Waals surface area (Å²) in [4.78, 5) is 11.6. The summed E-state index contributed by atoms with van der Waals surface area (Å²) in [6.45, 7) is 9.47. The molecule has 1 heterocycles. The molecular formula is C13H23N3O. The van der Waals surface area contributed by atoms with Crippen LogP contribution in [0.5, 0.6) is 0 Å². The Bertz CT molecular complexity index is 357. The van der Waals surface area contributed by atoms with Gasteiger partial charge in [0.2, 0.25) is 5.91 Å². The summed E-state index contributed by atoms with van der Waals surface area (Å²) in [5, 5.41) is 6.23. The lowest BCUT2D eigenvalue weighted by Gasteiger charge is -2.10. The molecule has 4 nitrogen and oxygen atoms in total. The Morgan fingerprint density at radius 1 is 1.41 bits per heavy atom. The van der Waals surface area contributed by atoms with E-state index in [1.54, 1.807) is 0 Å². The fourth-order valence-corrected chi connectivity index (χ4v) is 1.77. The van der Waals surface area contributed by atoms with Crippen molar-refractivity contribution in [3.63, 3.8) is 0 Å². The normalized spacial score (nSPS) is 12.8. The molecule has 0 spiro atoms. The van der Waals surface area contributed by atoms with Gasteiger partial charge in [-0.05, 0) is 38.9 Å². The van der Waals surface area contributed by atoms with Gasteiger partial charge in [0, 0.05) is 24.5 Å². The molecule has 1 unspecified atom stereocenters. The average Bonchev–Trinajstić information content (AvgIpc) is 2.65. The molecule has 17 heavy (non-hydrogen) atoms. The molecule has 0 bridgehead atoms. The minimum Gasteiger partial charge on any atom is -0.352 e. The summed E-state index contributed by atoms with van der Waals surface area (Å²) in [7, 11) is 0. The van der Waals surface area contributed by atoms with Crippen LogP contribution in [0.1, 0.15) is 39.3 Å². The number of aromatic nitrogens is 1. The van der Waals surface area contributed by atoms with Crippen LogP contribution in [0.25, 0.3) is 0 Å². The van der Waals surface area contributed by atoms with Gasteiger partial charge in [0.15, 0.2) is 0 Å². The van der Waals surface area contributed by atoms with E-state index in [2.05, 4.69) is 30.5 Å². The molecule has 1 aromatic heterocycles. The van der Waals surface area contributed by atoms with Crippen LogP contribution in [-0.4, -0.2) is 23.1 Å². The van der Waals surface area contributed by atoms with Gasteiger partial charge in [0.1, 0.15) is 6.54 Å². The maximum absolute atomic E-state index is 11.6. The van der Waals surface area contributed by atoms with Crippen molar-refractivity contribution in [1.29, 1.82) is 0 Å². The lowest BCUT2D eigenvalue weighted by Crippen LogP contribution is -2.32. The van der Waals surface area contributed by atoms with Gasteiger partial charge in [-0.3, -0.25) is 4.79 Å². The van der Waals surface area contributed by atoms with Crippen molar-refractivity contribution in [2.24, 2.45) is 0 Å². The van der Waals surface area contributed by atoms with E-state index in [0.717, 1.165) is 6.54 Å². The smallest absolute Gasteiger partial charge is 0.240 e. The minimum atomic E-state index is 0.0539. The van der Waals surface area contributed by atoms with Crippen LogP contribution >= 0.6 is 0 Å². The summed E-state index contributed by atoms with van der Waals surface area (Å²) < 4.78 is 1.92. The number of nitrogens with one attached hydrogen (secondary N) is 2. The molecule has 1 aromatic rings. The third-order valence-corrected chi connectivity index (χ3v) is 2.56. The number of carbonyl (C=O) groups excluding carboxylic acids is 1. The number of amides is 1. The Morgan fingerprint density at radius 3 is 2.71 bits per heavy atom. The first-order valence-electron chi connectivity index (χ1n) is 6.21. The van der Waals surface area contributed by atoms with Crippen molar-refractivity contribution in [1.82, 2.24) is 15.2 Å². The SMILES string of the molecule is CCNC(C)c1ccn(CC(=O)NC(C)C)c1. The van der Waals surface area contributed by atoms with Crippen molar-refractivity contribution >= 4 is 5.91 Å². The molecule has 0 saturated heterocycles. The maximum atomic E-state index is 11.6. The first-order chi connectivity index (χ1) is 8.02. The van der Waals surface area contributed by atoms with Crippen LogP contribution in [0.4, 0.5) is 0 Å². The van der Waals surface area contributed by atoms with Crippen LogP contribution in [0, 0.1) is 0 Å². The minimum absolute atomic E-state index is 0.0539. The summed E-state index contributed by atoms with van der Waals surface area (Å²) in [5.74, 6) is 0.0539. The quantitative estimate of drug-likeness (QED) is 0.791. The van der Waals surface area contributed by atoms with Crippen molar-refractivity contribution < 1.29 is 4.79 Å². The first-order valence-corrected chi connectivity index (χ1v) is 6.21. The Balaban J connectivity index is 2.53. The number of hydrogen-bond donors (Lipinski definition) is 2. The van der Waals surface area contributed by atoms with E-state index in [-0.39, 0.29) is 11.9 Å². The first kappa shape index (κ1) is 13.8. The Kier molecular flexibility index (Phi) is 5.22. The fraction of sp³-hybridized carbons (Fsp3) is 0.615. The number of hydrogen-bond acceptors (Lipinski definition) is 2. The van der Waals surface area contributed by atoms with Gasteiger partial charge in [-0.2, -0.15) is 0 Å². The summed E-state index contributed by atoms with van der Waals surface area (Å²) in [6, 6.07) is 2.57. The molecule has 0 aromatic carbocycles. The van der Waals surface area contributed by atoms with E-state index in [9.17, 15) is 4.79 Å². The second-order valence-corrected chi connectivity index (χ2v) is 4.62. The van der Waals surface area contributed by atoms with Gasteiger partial charge in [-0.1, -0.05) is 6.92 Å². The predicted molar refractivity (Wildman–Crippen MR) is 69.8 cm³/mol. The highest BCUT2D eigenvalue weighted by molar-refractivity contribution is 5.75. The van der Waals surface area contributed by atoms with Crippen molar-refractivity contribution in [2.45, 2.75) is 46.3 Å². The highest BCUT2D eigenvalue weighted by Crippen LogP contribution is 2.12. The molecule has 0 aliphatic rings. The van der Waals surface area contributed by atoms with Crippen LogP contribution in [0.3, 0.4) is 0 Å². The molecular weight excluding hydrogens is 214 g/mol. The zero-order chi connectivity index (χ0) is 12.8. The lowest BCUT2D eigenvalue weighted by molar-refractivity contribution is -0.122. The van der Waals surface area contributed by atoms with Gasteiger partial charge >= 0.3 is 0 Å². The van der Waals surface area contributed by atoms with Crippen LogP contribution < -0.4 is 10.6 Å². The van der Waals surface area contributed by atoms with Crippen molar-refractivity contribution in [2.75, 3.05) is 6.54 Å². The molecule has 0 radical (unpaired) electrons. The molecule has 0 saturated carbocycles. The second-order valence-electron chi connectivity index (χ2n) is 4.62. The maximum Gasteiger partial charge on any atom is 0.240 e. The lowest BCUT2D eigenvalue weighted by atomic mass is 10.2. The van der Waals surface area contributed by atoms with Crippen molar-refractivity contribution in [3.05, 3.63) is 24.0 Å². The second kappa shape index (κ2) is 6.45. The molecule has 4 heteroatoms. The molecule has 1 rings (SSSR count). The Morgan fingerprint density at radius 2 is 2.12 bits per heavy atom. The molecule has 0 aliphatic carbocycles. The van der Waals surface area contributed by atoms with E-state index >= 15 is 0 Å². The van der Waals surface area contributed by atoms with Crippen LogP contribution in [0.2, 0.25) is 0 Å². The van der Waals surface area contributed by atoms with E-state index in [1.165, 1.54) is 5.56 Å². The van der Waals surface area contributed by atoms with E-state index < -0.39 is 0 Å². The summed E-state index contributed by atoms with van der Waals surface area (Å²) >= 11 is 0. The highest BCUT2D eigenvalue weighted by Gasteiger charge is 2.08. The van der Waals surface area contributed by atoms with Crippen molar-refractivity contribution in [3.8, 4) is 0 Å². The summed E-state index contributed by atoms with van der Waals surface area (Å²) in [6.07, 6.45) is 3.97. The third-order valence-electron chi connectivity index (χ3n) is 2.56. The Hall–Kier alpha value is -1.29. The van der Waals surface area contributed by atoms with E-state index in [4.69, 9.17) is 0 Å². The average molecular weight is 237 g/mol. The topological polar surface area (TPSA) is 46.1 Å². The number of carbonyl (C=O) groups is 1. The largest absolute Gasteiger partial charge is 0.352 e. The van der Waals surface area contributed by atoms with Gasteiger partial charge in [-0.15, -0.1) is 0 Å². The monoisotopic (exact) mass is 237 g/mol. The van der Waals surface area contributed by atoms with Gasteiger partial charge in [0.05, 0.1) is 0 Å². The van der Waals surface area contributed by atoms with Gasteiger partial charge < -0.3 is 15.2 Å². The molecule has 0 fully saturated rings. The molecule has 96 valence electrons. The Labute approximate surface area is 103 Å². The van der Waals surface area contributed by atoms with E-state index in [1.807, 2.05) is 30.8 Å². The molecule has 2 N–H and O–H groups in total. The zero-order valence-electron chi connectivity index (χ0n) is 11.2. The molecule has 1 amide bonds. The summed E-state index contributed by atoms with van der Waals surface area (Å²) in [5.41, 5.74) is 1.21. The van der Waals surface area contributed by atoms with Gasteiger partial charge in [-0.25, -0.2) is 0 Å². The highest BCUT2D eigenvalue weighted by atomic mass is 16.2.